The zero-order valence-corrected chi connectivity index (χ0v) is 12.7. The lowest BCUT2D eigenvalue weighted by Gasteiger charge is -2.18. The maximum Gasteiger partial charge on any atom is 0.126 e. The van der Waals surface area contributed by atoms with E-state index in [9.17, 15) is 4.39 Å². The molecule has 0 aliphatic heterocycles. The highest BCUT2D eigenvalue weighted by Crippen LogP contribution is 2.28. The van der Waals surface area contributed by atoms with Crippen LogP contribution in [-0.4, -0.2) is 13.6 Å². The second-order valence-electron chi connectivity index (χ2n) is 4.72. The molecule has 0 fully saturated rings. The van der Waals surface area contributed by atoms with E-state index in [4.69, 9.17) is 23.2 Å². The first-order chi connectivity index (χ1) is 9.61. The van der Waals surface area contributed by atoms with Gasteiger partial charge in [-0.1, -0.05) is 47.5 Å². The van der Waals surface area contributed by atoms with Gasteiger partial charge in [0.1, 0.15) is 5.82 Å². The minimum absolute atomic E-state index is 0.0277. The number of halogens is 3. The molecule has 0 bridgehead atoms. The molecule has 2 aromatic carbocycles. The van der Waals surface area contributed by atoms with Crippen molar-refractivity contribution in [2.45, 2.75) is 12.3 Å². The van der Waals surface area contributed by atoms with Gasteiger partial charge in [-0.15, -0.1) is 0 Å². The molecule has 0 aliphatic carbocycles. The third-order valence-electron chi connectivity index (χ3n) is 3.28. The van der Waals surface area contributed by atoms with Crippen molar-refractivity contribution in [3.8, 4) is 0 Å². The predicted molar refractivity (Wildman–Crippen MR) is 83.2 cm³/mol. The molecule has 2 aromatic rings. The van der Waals surface area contributed by atoms with Gasteiger partial charge in [0.05, 0.1) is 0 Å². The molecule has 1 atom stereocenters. The largest absolute Gasteiger partial charge is 0.319 e. The van der Waals surface area contributed by atoms with Gasteiger partial charge in [-0.05, 0) is 42.8 Å². The Morgan fingerprint density at radius 2 is 1.90 bits per heavy atom. The molecule has 1 nitrogen and oxygen atoms in total. The van der Waals surface area contributed by atoms with Crippen LogP contribution >= 0.6 is 23.2 Å². The minimum Gasteiger partial charge on any atom is -0.319 e. The van der Waals surface area contributed by atoms with E-state index >= 15 is 0 Å². The van der Waals surface area contributed by atoms with E-state index < -0.39 is 0 Å². The number of hydrogen-bond donors (Lipinski definition) is 1. The fourth-order valence-corrected chi connectivity index (χ4v) is 2.78. The summed E-state index contributed by atoms with van der Waals surface area (Å²) in [5.41, 5.74) is 1.67. The summed E-state index contributed by atoms with van der Waals surface area (Å²) in [6.45, 7) is 0.680. The average molecular weight is 312 g/mol. The fourth-order valence-electron chi connectivity index (χ4n) is 2.30. The molecule has 0 saturated carbocycles. The average Bonchev–Trinajstić information content (AvgIpc) is 2.42. The van der Waals surface area contributed by atoms with E-state index in [0.29, 0.717) is 28.6 Å². The lowest BCUT2D eigenvalue weighted by molar-refractivity contribution is 0.556. The highest BCUT2D eigenvalue weighted by atomic mass is 35.5. The molecule has 0 radical (unpaired) electrons. The van der Waals surface area contributed by atoms with Gasteiger partial charge in [0, 0.05) is 22.5 Å². The molecule has 106 valence electrons. The molecule has 1 N–H and O–H groups in total. The Bertz CT molecular complexity index is 586. The molecule has 20 heavy (non-hydrogen) atoms. The van der Waals surface area contributed by atoms with Crippen molar-refractivity contribution in [2.24, 2.45) is 0 Å². The Labute approximate surface area is 128 Å². The first-order valence-corrected chi connectivity index (χ1v) is 7.20. The van der Waals surface area contributed by atoms with Crippen LogP contribution in [0.25, 0.3) is 0 Å². The second kappa shape index (κ2) is 7.07. The molecule has 0 saturated heterocycles. The van der Waals surface area contributed by atoms with E-state index in [1.165, 1.54) is 6.07 Å². The lowest BCUT2D eigenvalue weighted by Crippen LogP contribution is -2.20. The summed E-state index contributed by atoms with van der Waals surface area (Å²) in [4.78, 5) is 0. The summed E-state index contributed by atoms with van der Waals surface area (Å²) in [6.07, 6.45) is 0.664. The van der Waals surface area contributed by atoms with Gasteiger partial charge in [-0.3, -0.25) is 0 Å². The molecule has 0 heterocycles. The van der Waals surface area contributed by atoms with Gasteiger partial charge in [0.15, 0.2) is 0 Å². The van der Waals surface area contributed by atoms with E-state index in [2.05, 4.69) is 5.32 Å². The van der Waals surface area contributed by atoms with Crippen LogP contribution in [0.2, 0.25) is 10.0 Å². The monoisotopic (exact) mass is 311 g/mol. The van der Waals surface area contributed by atoms with Gasteiger partial charge < -0.3 is 5.32 Å². The predicted octanol–water partition coefficient (Wildman–Crippen LogP) is 4.68. The van der Waals surface area contributed by atoms with Gasteiger partial charge in [0.2, 0.25) is 0 Å². The maximum absolute atomic E-state index is 13.9. The summed E-state index contributed by atoms with van der Waals surface area (Å²) in [5.74, 6) is -0.155. The lowest BCUT2D eigenvalue weighted by atomic mass is 9.91. The molecule has 0 aromatic heterocycles. The summed E-state index contributed by atoms with van der Waals surface area (Å²) < 4.78 is 13.9. The third-order valence-corrected chi connectivity index (χ3v) is 3.86. The molecule has 0 amide bonds. The van der Waals surface area contributed by atoms with Crippen LogP contribution in [0.15, 0.2) is 42.5 Å². The van der Waals surface area contributed by atoms with Crippen molar-refractivity contribution in [3.63, 3.8) is 0 Å². The Morgan fingerprint density at radius 1 is 1.15 bits per heavy atom. The SMILES string of the molecule is CNCC(Cc1ccc(Cl)cc1Cl)c1ccccc1F. The number of benzene rings is 2. The molecule has 2 rings (SSSR count). The van der Waals surface area contributed by atoms with Gasteiger partial charge >= 0.3 is 0 Å². The molecule has 0 aliphatic rings. The molecule has 1 unspecified atom stereocenters. The fraction of sp³-hybridized carbons (Fsp3) is 0.250. The van der Waals surface area contributed by atoms with E-state index in [1.807, 2.05) is 25.2 Å². The van der Waals surface area contributed by atoms with Crippen LogP contribution in [0.5, 0.6) is 0 Å². The highest BCUT2D eigenvalue weighted by molar-refractivity contribution is 6.35. The Morgan fingerprint density at radius 3 is 2.55 bits per heavy atom. The summed E-state index contributed by atoms with van der Waals surface area (Å²) in [6, 6.07) is 12.3. The van der Waals surface area contributed by atoms with Crippen LogP contribution in [0, 0.1) is 5.82 Å². The Balaban J connectivity index is 2.28. The molecule has 0 spiro atoms. The quantitative estimate of drug-likeness (QED) is 0.845. The molecule has 4 heteroatoms. The van der Waals surface area contributed by atoms with E-state index in [1.54, 1.807) is 18.2 Å². The number of hydrogen-bond acceptors (Lipinski definition) is 1. The topological polar surface area (TPSA) is 12.0 Å². The summed E-state index contributed by atoms with van der Waals surface area (Å²) in [5, 5.41) is 4.34. The second-order valence-corrected chi connectivity index (χ2v) is 5.56. The Hall–Kier alpha value is -1.09. The van der Waals surface area contributed by atoms with Crippen LogP contribution in [0.4, 0.5) is 4.39 Å². The van der Waals surface area contributed by atoms with Crippen molar-refractivity contribution in [1.82, 2.24) is 5.32 Å². The third kappa shape index (κ3) is 3.72. The molecular formula is C16H16Cl2FN. The van der Waals surface area contributed by atoms with Crippen molar-refractivity contribution in [2.75, 3.05) is 13.6 Å². The maximum atomic E-state index is 13.9. The van der Waals surface area contributed by atoms with Crippen molar-refractivity contribution in [1.29, 1.82) is 0 Å². The smallest absolute Gasteiger partial charge is 0.126 e. The number of rotatable bonds is 5. The highest BCUT2D eigenvalue weighted by Gasteiger charge is 2.16. The standard InChI is InChI=1S/C16H16Cl2FN/c1-20-10-12(14-4-2-3-5-16(14)19)8-11-6-7-13(17)9-15(11)18/h2-7,9,12,20H,8,10H2,1H3. The van der Waals surface area contributed by atoms with Crippen LogP contribution < -0.4 is 5.32 Å². The van der Waals surface area contributed by atoms with Gasteiger partial charge in [0.25, 0.3) is 0 Å². The van der Waals surface area contributed by atoms with Crippen LogP contribution in [-0.2, 0) is 6.42 Å². The van der Waals surface area contributed by atoms with Crippen LogP contribution in [0.1, 0.15) is 17.0 Å². The minimum atomic E-state index is -0.183. The zero-order valence-electron chi connectivity index (χ0n) is 11.2. The van der Waals surface area contributed by atoms with Crippen molar-refractivity contribution < 1.29 is 4.39 Å². The first kappa shape index (κ1) is 15.3. The normalized spacial score (nSPS) is 12.4. The van der Waals surface area contributed by atoms with Gasteiger partial charge in [-0.2, -0.15) is 0 Å². The molecular weight excluding hydrogens is 296 g/mol. The van der Waals surface area contributed by atoms with Crippen molar-refractivity contribution >= 4 is 23.2 Å². The number of likely N-dealkylation sites (N-methyl/N-ethyl adjacent to an activating group) is 1. The summed E-state index contributed by atoms with van der Waals surface area (Å²) >= 11 is 12.1. The summed E-state index contributed by atoms with van der Waals surface area (Å²) in [7, 11) is 1.86. The number of nitrogens with one attached hydrogen (secondary N) is 1. The zero-order chi connectivity index (χ0) is 14.5. The Kier molecular flexibility index (Phi) is 5.41. The van der Waals surface area contributed by atoms with E-state index in [0.717, 1.165) is 5.56 Å². The first-order valence-electron chi connectivity index (χ1n) is 6.44. The van der Waals surface area contributed by atoms with Crippen molar-refractivity contribution in [3.05, 3.63) is 69.5 Å². The van der Waals surface area contributed by atoms with Gasteiger partial charge in [-0.25, -0.2) is 4.39 Å². The van der Waals surface area contributed by atoms with Crippen LogP contribution in [0.3, 0.4) is 0 Å². The van der Waals surface area contributed by atoms with E-state index in [-0.39, 0.29) is 11.7 Å².